The summed E-state index contributed by atoms with van der Waals surface area (Å²) in [6, 6.07) is 15.1. The number of anilines is 1. The van der Waals surface area contributed by atoms with Crippen molar-refractivity contribution in [3.63, 3.8) is 0 Å². The van der Waals surface area contributed by atoms with Gasteiger partial charge in [0.25, 0.3) is 15.9 Å². The third kappa shape index (κ3) is 5.60. The first-order valence-electron chi connectivity index (χ1n) is 10.5. The van der Waals surface area contributed by atoms with Gasteiger partial charge in [0.05, 0.1) is 26.2 Å². The quantitative estimate of drug-likeness (QED) is 0.475. The van der Waals surface area contributed by atoms with Gasteiger partial charge in [0.1, 0.15) is 0 Å². The number of rotatable bonds is 9. The number of nitrogens with one attached hydrogen (secondary N) is 2. The van der Waals surface area contributed by atoms with E-state index in [1.807, 2.05) is 19.1 Å². The van der Waals surface area contributed by atoms with E-state index in [0.29, 0.717) is 28.5 Å². The van der Waals surface area contributed by atoms with E-state index >= 15 is 0 Å². The maximum absolute atomic E-state index is 13.0. The Kier molecular flexibility index (Phi) is 7.68. The molecule has 0 spiro atoms. The van der Waals surface area contributed by atoms with E-state index < -0.39 is 15.9 Å². The molecule has 180 valence electrons. The van der Waals surface area contributed by atoms with Gasteiger partial charge in [0.15, 0.2) is 11.5 Å². The van der Waals surface area contributed by atoms with Crippen molar-refractivity contribution in [2.24, 2.45) is 0 Å². The van der Waals surface area contributed by atoms with Crippen LogP contribution in [0, 0.1) is 13.8 Å². The number of methoxy groups -OCH3 is 3. The molecule has 0 heterocycles. The maximum atomic E-state index is 13.0. The van der Waals surface area contributed by atoms with Crippen LogP contribution in [0.3, 0.4) is 0 Å². The van der Waals surface area contributed by atoms with E-state index in [1.165, 1.54) is 27.4 Å². The highest BCUT2D eigenvalue weighted by atomic mass is 32.2. The Morgan fingerprint density at radius 3 is 2.03 bits per heavy atom. The van der Waals surface area contributed by atoms with Crippen LogP contribution in [0.25, 0.3) is 0 Å². The molecule has 0 aliphatic rings. The normalized spacial score (nSPS) is 11.0. The average molecular weight is 485 g/mol. The molecule has 1 amide bonds. The van der Waals surface area contributed by atoms with Crippen molar-refractivity contribution < 1.29 is 27.4 Å². The number of amides is 1. The topological polar surface area (TPSA) is 103 Å². The van der Waals surface area contributed by atoms with Crippen LogP contribution in [0.2, 0.25) is 0 Å². The minimum atomic E-state index is -3.88. The molecule has 9 heteroatoms. The smallest absolute Gasteiger partial charge is 0.262 e. The Bertz CT molecular complexity index is 1260. The predicted molar refractivity (Wildman–Crippen MR) is 130 cm³/mol. The molecule has 0 bridgehead atoms. The van der Waals surface area contributed by atoms with Gasteiger partial charge in [-0.25, -0.2) is 8.42 Å². The first-order valence-corrected chi connectivity index (χ1v) is 11.9. The molecule has 3 aromatic carbocycles. The summed E-state index contributed by atoms with van der Waals surface area (Å²) in [5.41, 5.74) is 2.94. The van der Waals surface area contributed by atoms with Gasteiger partial charge >= 0.3 is 0 Å². The highest BCUT2D eigenvalue weighted by Gasteiger charge is 2.20. The summed E-state index contributed by atoms with van der Waals surface area (Å²) in [4.78, 5) is 12.9. The van der Waals surface area contributed by atoms with Crippen LogP contribution in [-0.4, -0.2) is 35.7 Å². The highest BCUT2D eigenvalue weighted by Crippen LogP contribution is 2.38. The van der Waals surface area contributed by atoms with E-state index in [4.69, 9.17) is 14.2 Å². The summed E-state index contributed by atoms with van der Waals surface area (Å²) in [5, 5.41) is 2.80. The molecule has 8 nitrogen and oxygen atoms in total. The lowest BCUT2D eigenvalue weighted by Gasteiger charge is -2.15. The van der Waals surface area contributed by atoms with Crippen molar-refractivity contribution >= 4 is 21.6 Å². The molecule has 0 atom stereocenters. The van der Waals surface area contributed by atoms with Gasteiger partial charge in [-0.05, 0) is 61.4 Å². The van der Waals surface area contributed by atoms with E-state index in [9.17, 15) is 13.2 Å². The monoisotopic (exact) mass is 484 g/mol. The number of benzene rings is 3. The molecule has 0 aromatic heterocycles. The summed E-state index contributed by atoms with van der Waals surface area (Å²) in [6.45, 7) is 3.77. The number of hydrogen-bond acceptors (Lipinski definition) is 6. The molecule has 0 aliphatic carbocycles. The predicted octanol–water partition coefficient (Wildman–Crippen LogP) is 4.06. The number of carbonyl (C=O) groups excluding carboxylic acids is 1. The zero-order chi connectivity index (χ0) is 24.9. The molecule has 0 aliphatic heterocycles. The third-order valence-electron chi connectivity index (χ3n) is 5.22. The molecule has 0 unspecified atom stereocenters. The third-order valence-corrected chi connectivity index (χ3v) is 6.74. The Morgan fingerprint density at radius 1 is 0.853 bits per heavy atom. The first kappa shape index (κ1) is 24.9. The molecule has 0 fully saturated rings. The van der Waals surface area contributed by atoms with Gasteiger partial charge in [0.2, 0.25) is 5.75 Å². The molecule has 3 rings (SSSR count). The summed E-state index contributed by atoms with van der Waals surface area (Å²) in [6.07, 6.45) is 0. The number of hydrogen-bond donors (Lipinski definition) is 2. The minimum Gasteiger partial charge on any atom is -0.493 e. The molecule has 34 heavy (non-hydrogen) atoms. The van der Waals surface area contributed by atoms with Crippen molar-refractivity contribution in [1.29, 1.82) is 0 Å². The molecule has 3 aromatic rings. The molecular formula is C25H28N2O6S. The van der Waals surface area contributed by atoms with E-state index in [-0.39, 0.29) is 17.0 Å². The van der Waals surface area contributed by atoms with Crippen LogP contribution >= 0.6 is 0 Å². The second-order valence-electron chi connectivity index (χ2n) is 7.67. The minimum absolute atomic E-state index is 0.0357. The fourth-order valence-electron chi connectivity index (χ4n) is 3.38. The SMILES string of the molecule is COc1cc(CNC(=O)c2ccc(C)c(S(=O)(=O)Nc3ccc(C)cc3)c2)cc(OC)c1OC. The van der Waals surface area contributed by atoms with Crippen molar-refractivity contribution in [2.45, 2.75) is 25.3 Å². The molecular weight excluding hydrogens is 456 g/mol. The zero-order valence-electron chi connectivity index (χ0n) is 19.8. The summed E-state index contributed by atoms with van der Waals surface area (Å²) >= 11 is 0. The average Bonchev–Trinajstić information content (AvgIpc) is 2.83. The maximum Gasteiger partial charge on any atom is 0.262 e. The molecule has 2 N–H and O–H groups in total. The zero-order valence-corrected chi connectivity index (χ0v) is 20.6. The number of ether oxygens (including phenoxy) is 3. The van der Waals surface area contributed by atoms with Gasteiger partial charge in [0, 0.05) is 17.8 Å². The van der Waals surface area contributed by atoms with Gasteiger partial charge in [-0.3, -0.25) is 9.52 Å². The largest absolute Gasteiger partial charge is 0.493 e. The lowest BCUT2D eigenvalue weighted by atomic mass is 10.1. The van der Waals surface area contributed by atoms with Crippen molar-refractivity contribution in [1.82, 2.24) is 5.32 Å². The fourth-order valence-corrected chi connectivity index (χ4v) is 4.71. The van der Waals surface area contributed by atoms with Crippen LogP contribution in [0.15, 0.2) is 59.5 Å². The highest BCUT2D eigenvalue weighted by molar-refractivity contribution is 7.92. The van der Waals surface area contributed by atoms with E-state index in [0.717, 1.165) is 11.1 Å². The van der Waals surface area contributed by atoms with Crippen LogP contribution in [0.4, 0.5) is 5.69 Å². The van der Waals surface area contributed by atoms with Crippen LogP contribution in [0.5, 0.6) is 17.2 Å². The summed E-state index contributed by atoms with van der Waals surface area (Å²) in [5.74, 6) is 0.976. The summed E-state index contributed by atoms with van der Waals surface area (Å²) in [7, 11) is 0.655. The van der Waals surface area contributed by atoms with E-state index in [2.05, 4.69) is 10.0 Å². The Hall–Kier alpha value is -3.72. The van der Waals surface area contributed by atoms with Gasteiger partial charge in [-0.2, -0.15) is 0 Å². The number of aryl methyl sites for hydroxylation is 2. The van der Waals surface area contributed by atoms with Gasteiger partial charge in [-0.15, -0.1) is 0 Å². The number of carbonyl (C=O) groups is 1. The lowest BCUT2D eigenvalue weighted by Crippen LogP contribution is -2.23. The second kappa shape index (κ2) is 10.5. The summed E-state index contributed by atoms with van der Waals surface area (Å²) < 4.78 is 44.5. The van der Waals surface area contributed by atoms with Crippen molar-refractivity contribution in [3.05, 3.63) is 76.9 Å². The van der Waals surface area contributed by atoms with Crippen LogP contribution in [0.1, 0.15) is 27.0 Å². The van der Waals surface area contributed by atoms with E-state index in [1.54, 1.807) is 43.3 Å². The molecule has 0 radical (unpaired) electrons. The van der Waals surface area contributed by atoms with Crippen molar-refractivity contribution in [3.8, 4) is 17.2 Å². The standard InChI is InChI=1S/C25H28N2O6S/c1-16-6-10-20(11-7-16)27-34(29,30)23-14-19(9-8-17(23)2)25(28)26-15-18-12-21(31-3)24(33-5)22(13-18)32-4/h6-14,27H,15H2,1-5H3,(H,26,28). The Balaban J connectivity index is 1.80. The fraction of sp³-hybridized carbons (Fsp3) is 0.240. The molecule has 0 saturated carbocycles. The van der Waals surface area contributed by atoms with Crippen LogP contribution < -0.4 is 24.2 Å². The lowest BCUT2D eigenvalue weighted by molar-refractivity contribution is 0.0950. The Morgan fingerprint density at radius 2 is 1.47 bits per heavy atom. The van der Waals surface area contributed by atoms with Gasteiger partial charge < -0.3 is 19.5 Å². The number of sulfonamides is 1. The van der Waals surface area contributed by atoms with Crippen LogP contribution in [-0.2, 0) is 16.6 Å². The van der Waals surface area contributed by atoms with Gasteiger partial charge in [-0.1, -0.05) is 23.8 Å². The Labute approximate surface area is 199 Å². The first-order chi connectivity index (χ1) is 16.2. The molecule has 0 saturated heterocycles. The second-order valence-corrected chi connectivity index (χ2v) is 9.32. The van der Waals surface area contributed by atoms with Crippen molar-refractivity contribution in [2.75, 3.05) is 26.1 Å².